The number of likely N-dealkylation sites (N-methyl/N-ethyl adjacent to an activating group) is 1. The molecule has 0 fully saturated rings. The summed E-state index contributed by atoms with van der Waals surface area (Å²) in [6.07, 6.45) is 0.00316. The van der Waals surface area contributed by atoms with Gasteiger partial charge in [-0.2, -0.15) is 5.26 Å². The Labute approximate surface area is 111 Å². The average molecular weight is 266 g/mol. The molecule has 0 aliphatic carbocycles. The van der Waals surface area contributed by atoms with Crippen molar-refractivity contribution in [3.8, 4) is 6.07 Å². The lowest BCUT2D eigenvalue weighted by atomic mass is 10.1. The van der Waals surface area contributed by atoms with Crippen LogP contribution in [0.25, 0.3) is 0 Å². The minimum atomic E-state index is -0.959. The van der Waals surface area contributed by atoms with Crippen LogP contribution in [0.1, 0.15) is 19.4 Å². The van der Waals surface area contributed by atoms with Crippen molar-refractivity contribution in [2.75, 3.05) is 13.1 Å². The van der Waals surface area contributed by atoms with E-state index in [-0.39, 0.29) is 18.2 Å². The Morgan fingerprint density at radius 3 is 2.63 bits per heavy atom. The monoisotopic (exact) mass is 266 g/mol. The molecule has 0 aliphatic heterocycles. The molecule has 102 valence electrons. The molecule has 3 nitrogen and oxygen atoms in total. The topological polar surface area (TPSA) is 44.1 Å². The van der Waals surface area contributed by atoms with E-state index >= 15 is 0 Å². The molecule has 0 N–H and O–H groups in total. The lowest BCUT2D eigenvalue weighted by Crippen LogP contribution is -2.35. The molecule has 1 aromatic rings. The second-order valence-corrected chi connectivity index (χ2v) is 4.39. The van der Waals surface area contributed by atoms with Gasteiger partial charge in [0.2, 0.25) is 5.91 Å². The molecule has 0 aromatic heterocycles. The molecular formula is C14H16F2N2O. The molecule has 0 spiro atoms. The van der Waals surface area contributed by atoms with Gasteiger partial charge in [-0.3, -0.25) is 4.79 Å². The van der Waals surface area contributed by atoms with Gasteiger partial charge in [0.1, 0.15) is 0 Å². The van der Waals surface area contributed by atoms with Crippen molar-refractivity contribution in [3.63, 3.8) is 0 Å². The van der Waals surface area contributed by atoms with Crippen LogP contribution in [-0.4, -0.2) is 23.9 Å². The van der Waals surface area contributed by atoms with Crippen molar-refractivity contribution < 1.29 is 13.6 Å². The molecule has 5 heteroatoms. The molecule has 0 bridgehead atoms. The van der Waals surface area contributed by atoms with Gasteiger partial charge in [0.05, 0.1) is 18.4 Å². The molecule has 1 aromatic carbocycles. The number of benzene rings is 1. The van der Waals surface area contributed by atoms with Crippen LogP contribution in [0.2, 0.25) is 0 Å². The van der Waals surface area contributed by atoms with Crippen LogP contribution in [0.5, 0.6) is 0 Å². The number of nitrogens with zero attached hydrogens (tertiary/aromatic N) is 2. The van der Waals surface area contributed by atoms with Gasteiger partial charge in [0.25, 0.3) is 0 Å². The molecule has 1 atom stereocenters. The van der Waals surface area contributed by atoms with Crippen molar-refractivity contribution in [1.29, 1.82) is 5.26 Å². The van der Waals surface area contributed by atoms with Crippen LogP contribution >= 0.6 is 0 Å². The van der Waals surface area contributed by atoms with E-state index in [1.807, 2.05) is 6.92 Å². The zero-order valence-corrected chi connectivity index (χ0v) is 11.0. The SMILES string of the molecule is CCN(CC(C)C#N)C(=O)Cc1ccc(F)c(F)c1. The van der Waals surface area contributed by atoms with Crippen LogP contribution in [0.3, 0.4) is 0 Å². The first-order valence-corrected chi connectivity index (χ1v) is 6.09. The van der Waals surface area contributed by atoms with Gasteiger partial charge in [-0.15, -0.1) is 0 Å². The summed E-state index contributed by atoms with van der Waals surface area (Å²) in [5, 5.41) is 8.74. The molecule has 19 heavy (non-hydrogen) atoms. The molecular weight excluding hydrogens is 250 g/mol. The van der Waals surface area contributed by atoms with Crippen LogP contribution in [0.4, 0.5) is 8.78 Å². The highest BCUT2D eigenvalue weighted by Gasteiger charge is 2.15. The number of halogens is 2. The number of hydrogen-bond donors (Lipinski definition) is 0. The first-order valence-electron chi connectivity index (χ1n) is 6.09. The number of hydrogen-bond acceptors (Lipinski definition) is 2. The summed E-state index contributed by atoms with van der Waals surface area (Å²) in [7, 11) is 0. The first-order chi connectivity index (χ1) is 8.97. The number of rotatable bonds is 5. The Balaban J connectivity index is 2.71. The summed E-state index contributed by atoms with van der Waals surface area (Å²) in [5.74, 6) is -2.34. The van der Waals surface area contributed by atoms with E-state index in [1.54, 1.807) is 6.92 Å². The average Bonchev–Trinajstić information content (AvgIpc) is 2.39. The largest absolute Gasteiger partial charge is 0.341 e. The minimum absolute atomic E-state index is 0.00316. The maximum absolute atomic E-state index is 13.0. The smallest absolute Gasteiger partial charge is 0.227 e. The molecule has 0 saturated carbocycles. The third-order valence-electron chi connectivity index (χ3n) is 2.79. The molecule has 1 unspecified atom stereocenters. The predicted octanol–water partition coefficient (Wildman–Crippen LogP) is 2.52. The molecule has 1 rings (SSSR count). The highest BCUT2D eigenvalue weighted by Crippen LogP contribution is 2.11. The van der Waals surface area contributed by atoms with E-state index in [2.05, 4.69) is 6.07 Å². The Hall–Kier alpha value is -1.96. The highest BCUT2D eigenvalue weighted by molar-refractivity contribution is 5.78. The van der Waals surface area contributed by atoms with Crippen molar-refractivity contribution >= 4 is 5.91 Å². The molecule has 0 aliphatic rings. The molecule has 0 radical (unpaired) electrons. The fourth-order valence-electron chi connectivity index (χ4n) is 1.71. The Morgan fingerprint density at radius 2 is 2.11 bits per heavy atom. The van der Waals surface area contributed by atoms with E-state index in [9.17, 15) is 13.6 Å². The normalized spacial score (nSPS) is 11.7. The summed E-state index contributed by atoms with van der Waals surface area (Å²) in [6.45, 7) is 4.37. The van der Waals surface area contributed by atoms with Gasteiger partial charge < -0.3 is 4.90 Å². The third kappa shape index (κ3) is 4.32. The molecule has 0 saturated heterocycles. The summed E-state index contributed by atoms with van der Waals surface area (Å²) >= 11 is 0. The van der Waals surface area contributed by atoms with E-state index in [4.69, 9.17) is 5.26 Å². The lowest BCUT2D eigenvalue weighted by molar-refractivity contribution is -0.130. The van der Waals surface area contributed by atoms with Crippen LogP contribution in [-0.2, 0) is 11.2 Å². The Kier molecular flexibility index (Phi) is 5.43. The van der Waals surface area contributed by atoms with Crippen molar-refractivity contribution in [3.05, 3.63) is 35.4 Å². The zero-order valence-electron chi connectivity index (χ0n) is 11.0. The number of carbonyl (C=O) groups excluding carboxylic acids is 1. The summed E-state index contributed by atoms with van der Waals surface area (Å²) in [5.41, 5.74) is 0.423. The van der Waals surface area contributed by atoms with Gasteiger partial charge >= 0.3 is 0 Å². The first kappa shape index (κ1) is 15.1. The standard InChI is InChI=1S/C14H16F2N2O/c1-3-18(9-10(2)8-17)14(19)7-11-4-5-12(15)13(16)6-11/h4-6,10H,3,7,9H2,1-2H3. The highest BCUT2D eigenvalue weighted by atomic mass is 19.2. The maximum Gasteiger partial charge on any atom is 0.227 e. The second-order valence-electron chi connectivity index (χ2n) is 4.39. The number of nitriles is 1. The second kappa shape index (κ2) is 6.83. The van der Waals surface area contributed by atoms with Gasteiger partial charge in [-0.1, -0.05) is 6.07 Å². The number of amides is 1. The van der Waals surface area contributed by atoms with Crippen LogP contribution in [0, 0.1) is 28.9 Å². The summed E-state index contributed by atoms with van der Waals surface area (Å²) < 4.78 is 25.8. The lowest BCUT2D eigenvalue weighted by Gasteiger charge is -2.22. The van der Waals surface area contributed by atoms with Gasteiger partial charge in [-0.25, -0.2) is 8.78 Å². The minimum Gasteiger partial charge on any atom is -0.341 e. The van der Waals surface area contributed by atoms with Gasteiger partial charge in [0.15, 0.2) is 11.6 Å². The van der Waals surface area contributed by atoms with E-state index in [1.165, 1.54) is 11.0 Å². The quantitative estimate of drug-likeness (QED) is 0.822. The zero-order chi connectivity index (χ0) is 14.4. The Bertz CT molecular complexity index is 497. The number of carbonyl (C=O) groups is 1. The molecule has 1 amide bonds. The Morgan fingerprint density at radius 1 is 1.42 bits per heavy atom. The third-order valence-corrected chi connectivity index (χ3v) is 2.79. The fourth-order valence-corrected chi connectivity index (χ4v) is 1.71. The fraction of sp³-hybridized carbons (Fsp3) is 0.429. The predicted molar refractivity (Wildman–Crippen MR) is 67.1 cm³/mol. The van der Waals surface area contributed by atoms with E-state index in [0.29, 0.717) is 18.7 Å². The summed E-state index contributed by atoms with van der Waals surface area (Å²) in [4.78, 5) is 13.5. The van der Waals surface area contributed by atoms with E-state index < -0.39 is 11.6 Å². The van der Waals surface area contributed by atoms with E-state index in [0.717, 1.165) is 12.1 Å². The van der Waals surface area contributed by atoms with Crippen LogP contribution in [0.15, 0.2) is 18.2 Å². The molecule has 0 heterocycles. The van der Waals surface area contributed by atoms with Crippen molar-refractivity contribution in [2.24, 2.45) is 5.92 Å². The van der Waals surface area contributed by atoms with Crippen LogP contribution < -0.4 is 0 Å². The van der Waals surface area contributed by atoms with Crippen molar-refractivity contribution in [2.45, 2.75) is 20.3 Å². The van der Waals surface area contributed by atoms with Gasteiger partial charge in [-0.05, 0) is 31.5 Å². The van der Waals surface area contributed by atoms with Crippen molar-refractivity contribution in [1.82, 2.24) is 4.90 Å². The maximum atomic E-state index is 13.0. The summed E-state index contributed by atoms with van der Waals surface area (Å²) in [6, 6.07) is 5.48. The van der Waals surface area contributed by atoms with Gasteiger partial charge in [0, 0.05) is 13.1 Å².